The predicted molar refractivity (Wildman–Crippen MR) is 168 cm³/mol. The summed E-state index contributed by atoms with van der Waals surface area (Å²) in [6.07, 6.45) is 10.6. The van der Waals surface area contributed by atoms with Gasteiger partial charge in [-0.25, -0.2) is 4.79 Å². The van der Waals surface area contributed by atoms with Crippen molar-refractivity contribution in [2.75, 3.05) is 12.8 Å². The number of phenols is 1. The SMILES string of the molecule is O=C(O)c1ccc(OCCCCCCCCCC[P+](c2ccccc2)(c2ccccc2)c2ccccc2)cc1O.[Br-]. The number of hydrogen-bond acceptors (Lipinski definition) is 3. The number of carboxylic acids is 1. The predicted octanol–water partition coefficient (Wildman–Crippen LogP) is 4.59. The molecule has 0 unspecified atom stereocenters. The van der Waals surface area contributed by atoms with Gasteiger partial charge in [0.05, 0.1) is 12.8 Å². The highest BCUT2D eigenvalue weighted by Crippen LogP contribution is 2.56. The van der Waals surface area contributed by atoms with Crippen molar-refractivity contribution in [1.29, 1.82) is 0 Å². The number of hydrogen-bond donors (Lipinski definition) is 2. The average Bonchev–Trinajstić information content (AvgIpc) is 2.99. The van der Waals surface area contributed by atoms with Crippen LogP contribution in [0.25, 0.3) is 0 Å². The molecule has 0 saturated carbocycles. The fraction of sp³-hybridized carbons (Fsp3) is 0.286. The van der Waals surface area contributed by atoms with E-state index in [2.05, 4.69) is 91.0 Å². The van der Waals surface area contributed by atoms with E-state index in [1.54, 1.807) is 6.07 Å². The first-order chi connectivity index (χ1) is 19.6. The molecule has 0 bridgehead atoms. The van der Waals surface area contributed by atoms with E-state index in [0.717, 1.165) is 12.8 Å². The number of benzene rings is 4. The molecule has 0 saturated heterocycles. The number of halogens is 1. The third-order valence-electron chi connectivity index (χ3n) is 7.45. The molecule has 0 radical (unpaired) electrons. The van der Waals surface area contributed by atoms with Crippen molar-refractivity contribution < 1.29 is 36.7 Å². The third-order valence-corrected chi connectivity index (χ3v) is 12.0. The van der Waals surface area contributed by atoms with Gasteiger partial charge in [-0.2, -0.15) is 0 Å². The fourth-order valence-corrected chi connectivity index (χ4v) is 9.78. The van der Waals surface area contributed by atoms with Crippen molar-refractivity contribution in [3.8, 4) is 11.5 Å². The van der Waals surface area contributed by atoms with Gasteiger partial charge >= 0.3 is 5.97 Å². The highest BCUT2D eigenvalue weighted by Gasteiger charge is 2.44. The van der Waals surface area contributed by atoms with Gasteiger partial charge in [0.1, 0.15) is 40.2 Å². The summed E-state index contributed by atoms with van der Waals surface area (Å²) in [6, 6.07) is 37.7. The van der Waals surface area contributed by atoms with Gasteiger partial charge in [-0.15, -0.1) is 0 Å². The van der Waals surface area contributed by atoms with Crippen molar-refractivity contribution in [1.82, 2.24) is 0 Å². The van der Waals surface area contributed by atoms with Crippen LogP contribution in [0.3, 0.4) is 0 Å². The van der Waals surface area contributed by atoms with E-state index in [1.165, 1.54) is 72.7 Å². The van der Waals surface area contributed by atoms with E-state index in [-0.39, 0.29) is 28.3 Å². The van der Waals surface area contributed by atoms with Gasteiger partial charge in [-0.3, -0.25) is 0 Å². The highest BCUT2D eigenvalue weighted by molar-refractivity contribution is 7.95. The minimum atomic E-state index is -1.72. The molecule has 0 atom stereocenters. The van der Waals surface area contributed by atoms with Crippen LogP contribution in [0.1, 0.15) is 61.7 Å². The monoisotopic (exact) mass is 634 g/mol. The van der Waals surface area contributed by atoms with E-state index in [0.29, 0.717) is 12.4 Å². The van der Waals surface area contributed by atoms with Crippen molar-refractivity contribution >= 4 is 29.1 Å². The zero-order chi connectivity index (χ0) is 28.0. The average molecular weight is 636 g/mol. The molecular weight excluding hydrogens is 595 g/mol. The van der Waals surface area contributed by atoms with Crippen LogP contribution in [-0.2, 0) is 0 Å². The summed E-state index contributed by atoms with van der Waals surface area (Å²) >= 11 is 0. The summed E-state index contributed by atoms with van der Waals surface area (Å²) in [7, 11) is -1.72. The van der Waals surface area contributed by atoms with Crippen molar-refractivity contribution in [2.45, 2.75) is 51.4 Å². The van der Waals surface area contributed by atoms with Crippen LogP contribution < -0.4 is 37.6 Å². The summed E-state index contributed by atoms with van der Waals surface area (Å²) in [5.41, 5.74) is -0.111. The number of aromatic carboxylic acids is 1. The van der Waals surface area contributed by atoms with E-state index in [9.17, 15) is 9.90 Å². The maximum absolute atomic E-state index is 11.0. The Labute approximate surface area is 255 Å². The van der Waals surface area contributed by atoms with Gasteiger partial charge < -0.3 is 31.9 Å². The summed E-state index contributed by atoms with van der Waals surface area (Å²) in [5.74, 6) is -0.905. The normalized spacial score (nSPS) is 11.0. The Balaban J connectivity index is 0.00000462. The van der Waals surface area contributed by atoms with Gasteiger partial charge in [0.25, 0.3) is 0 Å². The second kappa shape index (κ2) is 17.0. The molecule has 216 valence electrons. The maximum atomic E-state index is 11.0. The van der Waals surface area contributed by atoms with E-state index < -0.39 is 13.2 Å². The standard InChI is InChI=1S/C35H39O4P.BrH/c36-34-28-29(24-25-33(34)35(37)38)39-26-16-5-3-1-2-4-6-17-27-40(30-18-10-7-11-19-30,31-20-12-8-13-21-31)32-22-14-9-15-23-32;/h7-15,18-25,28H,1-6,16-17,26-27H2,(H-,36,37,38);1H. The molecule has 0 spiro atoms. The first-order valence-corrected chi connectivity index (χ1v) is 16.3. The molecule has 0 aromatic heterocycles. The molecule has 0 heterocycles. The van der Waals surface area contributed by atoms with Gasteiger partial charge in [-0.1, -0.05) is 86.7 Å². The number of aromatic hydroxyl groups is 1. The molecule has 4 nitrogen and oxygen atoms in total. The highest BCUT2D eigenvalue weighted by atomic mass is 79.9. The number of ether oxygens (including phenoxy) is 1. The van der Waals surface area contributed by atoms with Gasteiger partial charge in [0.2, 0.25) is 0 Å². The molecule has 41 heavy (non-hydrogen) atoms. The quantitative estimate of drug-likeness (QED) is 0.140. The maximum Gasteiger partial charge on any atom is 0.339 e. The lowest BCUT2D eigenvalue weighted by atomic mass is 10.1. The Morgan fingerprint density at radius 2 is 1.05 bits per heavy atom. The summed E-state index contributed by atoms with van der Waals surface area (Å²) in [6.45, 7) is 0.566. The Bertz CT molecular complexity index is 1220. The minimum Gasteiger partial charge on any atom is -1.00 e. The molecule has 4 aromatic carbocycles. The van der Waals surface area contributed by atoms with Crippen LogP contribution in [0.4, 0.5) is 0 Å². The zero-order valence-corrected chi connectivity index (χ0v) is 26.0. The second-order valence-electron chi connectivity index (χ2n) is 10.2. The second-order valence-corrected chi connectivity index (χ2v) is 13.8. The van der Waals surface area contributed by atoms with E-state index in [1.807, 2.05) is 0 Å². The number of carboxylic acid groups (broad SMARTS) is 1. The lowest BCUT2D eigenvalue weighted by Crippen LogP contribution is -3.00. The van der Waals surface area contributed by atoms with Crippen molar-refractivity contribution in [3.05, 3.63) is 115 Å². The van der Waals surface area contributed by atoms with Crippen LogP contribution in [0.5, 0.6) is 11.5 Å². The lowest BCUT2D eigenvalue weighted by Gasteiger charge is -2.27. The number of carbonyl (C=O) groups is 1. The zero-order valence-electron chi connectivity index (χ0n) is 23.5. The lowest BCUT2D eigenvalue weighted by molar-refractivity contribution is -0.0000258. The number of unbranched alkanes of at least 4 members (excludes halogenated alkanes) is 7. The molecule has 0 aliphatic rings. The number of rotatable bonds is 16. The van der Waals surface area contributed by atoms with Gasteiger partial charge in [-0.05, 0) is 67.8 Å². The molecule has 6 heteroatoms. The molecule has 0 fully saturated rings. The Morgan fingerprint density at radius 3 is 1.49 bits per heavy atom. The molecule has 2 N–H and O–H groups in total. The van der Waals surface area contributed by atoms with Crippen LogP contribution in [0.2, 0.25) is 0 Å². The topological polar surface area (TPSA) is 66.8 Å². The van der Waals surface area contributed by atoms with Crippen LogP contribution >= 0.6 is 7.26 Å². The van der Waals surface area contributed by atoms with Crippen molar-refractivity contribution in [3.63, 3.8) is 0 Å². The van der Waals surface area contributed by atoms with E-state index >= 15 is 0 Å². The largest absolute Gasteiger partial charge is 1.00 e. The summed E-state index contributed by atoms with van der Waals surface area (Å²) < 4.78 is 5.67. The molecule has 0 amide bonds. The smallest absolute Gasteiger partial charge is 0.339 e. The molecule has 0 aliphatic heterocycles. The summed E-state index contributed by atoms with van der Waals surface area (Å²) in [5, 5.41) is 23.2. The Morgan fingerprint density at radius 1 is 0.610 bits per heavy atom. The van der Waals surface area contributed by atoms with Gasteiger partial charge in [0, 0.05) is 6.07 Å². The minimum absolute atomic E-state index is 0. The first kappa shape index (κ1) is 32.4. The Kier molecular flexibility index (Phi) is 13.4. The third kappa shape index (κ3) is 8.92. The first-order valence-electron chi connectivity index (χ1n) is 14.4. The van der Waals surface area contributed by atoms with Crippen LogP contribution in [0.15, 0.2) is 109 Å². The van der Waals surface area contributed by atoms with Crippen molar-refractivity contribution in [2.24, 2.45) is 0 Å². The van der Waals surface area contributed by atoms with E-state index in [4.69, 9.17) is 9.84 Å². The van der Waals surface area contributed by atoms with Gasteiger partial charge in [0.15, 0.2) is 0 Å². The molecule has 0 aliphatic carbocycles. The molecular formula is C35H40BrO4P. The summed E-state index contributed by atoms with van der Waals surface area (Å²) in [4.78, 5) is 11.0. The van der Waals surface area contributed by atoms with Crippen LogP contribution in [0, 0.1) is 0 Å². The molecule has 4 rings (SSSR count). The Hall–Kier alpha value is -3.14. The molecule has 4 aromatic rings. The fourth-order valence-electron chi connectivity index (χ4n) is 5.37. The van der Waals surface area contributed by atoms with Crippen LogP contribution in [-0.4, -0.2) is 29.0 Å².